The molecule has 6 nitrogen and oxygen atoms in total. The fourth-order valence-corrected chi connectivity index (χ4v) is 2.30. The Balaban J connectivity index is 1.71. The molecule has 7 heteroatoms. The van der Waals surface area contributed by atoms with Crippen molar-refractivity contribution >= 4 is 5.91 Å². The van der Waals surface area contributed by atoms with Crippen molar-refractivity contribution in [2.24, 2.45) is 0 Å². The molecule has 2 heterocycles. The number of amides is 1. The molecule has 1 aromatic carbocycles. The molecule has 2 aromatic rings. The Labute approximate surface area is 127 Å². The van der Waals surface area contributed by atoms with E-state index < -0.39 is 0 Å². The molecule has 0 radical (unpaired) electrons. The van der Waals surface area contributed by atoms with Crippen molar-refractivity contribution in [3.05, 3.63) is 35.5 Å². The predicted molar refractivity (Wildman–Crippen MR) is 77.3 cm³/mol. The van der Waals surface area contributed by atoms with Crippen molar-refractivity contribution in [3.63, 3.8) is 0 Å². The molecule has 116 valence electrons. The first-order valence-electron chi connectivity index (χ1n) is 7.08. The second kappa shape index (κ2) is 5.84. The van der Waals surface area contributed by atoms with Gasteiger partial charge in [-0.15, -0.1) is 0 Å². The van der Waals surface area contributed by atoms with Gasteiger partial charge in [-0.2, -0.15) is 4.98 Å². The van der Waals surface area contributed by atoms with E-state index in [4.69, 9.17) is 4.52 Å². The number of nitrogens with zero attached hydrogens (tertiary/aromatic N) is 4. The first kappa shape index (κ1) is 14.6. The van der Waals surface area contributed by atoms with Gasteiger partial charge < -0.3 is 9.42 Å². The van der Waals surface area contributed by atoms with Gasteiger partial charge in [-0.25, -0.2) is 4.39 Å². The Bertz CT molecular complexity index is 701. The number of hydrogen-bond acceptors (Lipinski definition) is 5. The summed E-state index contributed by atoms with van der Waals surface area (Å²) in [7, 11) is 1.79. The average Bonchev–Trinajstić information content (AvgIpc) is 2.94. The van der Waals surface area contributed by atoms with Crippen LogP contribution in [0.25, 0.3) is 11.4 Å². The van der Waals surface area contributed by atoms with Crippen molar-refractivity contribution in [1.29, 1.82) is 0 Å². The maximum absolute atomic E-state index is 13.6. The second-order valence-electron chi connectivity index (χ2n) is 5.50. The van der Waals surface area contributed by atoms with E-state index in [2.05, 4.69) is 10.1 Å². The molecule has 0 saturated carbocycles. The molecule has 1 amide bonds. The molecule has 1 fully saturated rings. The van der Waals surface area contributed by atoms with Crippen molar-refractivity contribution < 1.29 is 13.7 Å². The van der Waals surface area contributed by atoms with E-state index in [1.165, 1.54) is 6.07 Å². The quantitative estimate of drug-likeness (QED) is 0.859. The highest BCUT2D eigenvalue weighted by Gasteiger charge is 2.22. The third-order valence-electron chi connectivity index (χ3n) is 3.79. The summed E-state index contributed by atoms with van der Waals surface area (Å²) in [6.45, 7) is 3.90. The summed E-state index contributed by atoms with van der Waals surface area (Å²) in [5, 5.41) is 3.88. The van der Waals surface area contributed by atoms with Crippen LogP contribution in [0, 0.1) is 12.7 Å². The minimum absolute atomic E-state index is 0.0756. The number of hydrogen-bond donors (Lipinski definition) is 0. The normalized spacial score (nSPS) is 16.3. The molecular weight excluding hydrogens is 287 g/mol. The molecule has 0 aliphatic carbocycles. The number of halogens is 1. The third-order valence-corrected chi connectivity index (χ3v) is 3.79. The van der Waals surface area contributed by atoms with E-state index in [-0.39, 0.29) is 11.7 Å². The van der Waals surface area contributed by atoms with Crippen LogP contribution in [-0.2, 0) is 11.3 Å². The van der Waals surface area contributed by atoms with Crippen LogP contribution in [0.1, 0.15) is 11.5 Å². The van der Waals surface area contributed by atoms with Crippen molar-refractivity contribution in [1.82, 2.24) is 19.9 Å². The zero-order valence-corrected chi connectivity index (χ0v) is 12.5. The largest absolute Gasteiger partial charge is 0.343 e. The molecule has 0 unspecified atom stereocenters. The highest BCUT2D eigenvalue weighted by atomic mass is 19.1. The molecule has 0 spiro atoms. The lowest BCUT2D eigenvalue weighted by Crippen LogP contribution is -2.48. The van der Waals surface area contributed by atoms with Gasteiger partial charge in [0, 0.05) is 25.7 Å². The molecule has 0 atom stereocenters. The Morgan fingerprint density at radius 2 is 2.18 bits per heavy atom. The van der Waals surface area contributed by atoms with Crippen molar-refractivity contribution in [3.8, 4) is 11.4 Å². The fraction of sp³-hybridized carbons (Fsp3) is 0.400. The van der Waals surface area contributed by atoms with Crippen LogP contribution in [0.4, 0.5) is 4.39 Å². The lowest BCUT2D eigenvalue weighted by atomic mass is 10.1. The highest BCUT2D eigenvalue weighted by molar-refractivity contribution is 5.78. The molecule has 22 heavy (non-hydrogen) atoms. The standard InChI is InChI=1S/C15H17FN4O2/c1-10-3-4-11(7-12(10)16)15-17-13(22-18-15)8-20-6-5-19(2)14(21)9-20/h3-4,7H,5-6,8-9H2,1-2H3. The van der Waals surface area contributed by atoms with Crippen LogP contribution in [-0.4, -0.2) is 52.5 Å². The van der Waals surface area contributed by atoms with Gasteiger partial charge >= 0.3 is 0 Å². The van der Waals surface area contributed by atoms with Gasteiger partial charge in [0.15, 0.2) is 0 Å². The Morgan fingerprint density at radius 1 is 1.36 bits per heavy atom. The minimum atomic E-state index is -0.298. The maximum Gasteiger partial charge on any atom is 0.241 e. The molecular formula is C15H17FN4O2. The first-order valence-corrected chi connectivity index (χ1v) is 7.08. The molecule has 1 aliphatic heterocycles. The van der Waals surface area contributed by atoms with Gasteiger partial charge in [0.05, 0.1) is 13.1 Å². The number of aromatic nitrogens is 2. The van der Waals surface area contributed by atoms with Crippen LogP contribution < -0.4 is 0 Å². The lowest BCUT2D eigenvalue weighted by Gasteiger charge is -2.30. The van der Waals surface area contributed by atoms with Crippen molar-refractivity contribution in [2.45, 2.75) is 13.5 Å². The summed E-state index contributed by atoms with van der Waals surface area (Å²) in [6, 6.07) is 4.83. The van der Waals surface area contributed by atoms with E-state index in [1.807, 2.05) is 4.90 Å². The third kappa shape index (κ3) is 2.99. The first-order chi connectivity index (χ1) is 10.5. The van der Waals surface area contributed by atoms with Crippen LogP contribution >= 0.6 is 0 Å². The SMILES string of the molecule is Cc1ccc(-c2noc(CN3CCN(C)C(=O)C3)n2)cc1F. The summed E-state index contributed by atoms with van der Waals surface area (Å²) in [5.41, 5.74) is 1.15. The second-order valence-corrected chi connectivity index (χ2v) is 5.50. The summed E-state index contributed by atoms with van der Waals surface area (Å²) in [4.78, 5) is 19.6. The smallest absolute Gasteiger partial charge is 0.241 e. The highest BCUT2D eigenvalue weighted by Crippen LogP contribution is 2.19. The molecule has 0 N–H and O–H groups in total. The number of benzene rings is 1. The van der Waals surface area contributed by atoms with E-state index in [0.29, 0.717) is 42.5 Å². The van der Waals surface area contributed by atoms with Gasteiger partial charge in [-0.1, -0.05) is 17.3 Å². The minimum Gasteiger partial charge on any atom is -0.343 e. The predicted octanol–water partition coefficient (Wildman–Crippen LogP) is 1.46. The summed E-state index contributed by atoms with van der Waals surface area (Å²) in [6.07, 6.45) is 0. The summed E-state index contributed by atoms with van der Waals surface area (Å²) >= 11 is 0. The Hall–Kier alpha value is -2.28. The van der Waals surface area contributed by atoms with Crippen LogP contribution in [0.5, 0.6) is 0 Å². The maximum atomic E-state index is 13.6. The van der Waals surface area contributed by atoms with Crippen LogP contribution in [0.2, 0.25) is 0 Å². The van der Waals surface area contributed by atoms with Crippen LogP contribution in [0.15, 0.2) is 22.7 Å². The molecule has 1 saturated heterocycles. The van der Waals surface area contributed by atoms with E-state index in [0.717, 1.165) is 6.54 Å². The Morgan fingerprint density at radius 3 is 2.91 bits per heavy atom. The van der Waals surface area contributed by atoms with E-state index in [9.17, 15) is 9.18 Å². The average molecular weight is 304 g/mol. The Kier molecular flexibility index (Phi) is 3.89. The van der Waals surface area contributed by atoms with Gasteiger partial charge in [0.1, 0.15) is 5.82 Å². The fourth-order valence-electron chi connectivity index (χ4n) is 2.30. The number of likely N-dealkylation sites (N-methyl/N-ethyl adjacent to an activating group) is 1. The van der Waals surface area contributed by atoms with Crippen LogP contribution in [0.3, 0.4) is 0 Å². The van der Waals surface area contributed by atoms with Gasteiger partial charge in [-0.05, 0) is 18.6 Å². The van der Waals surface area contributed by atoms with E-state index >= 15 is 0 Å². The monoisotopic (exact) mass is 304 g/mol. The number of carbonyl (C=O) groups excluding carboxylic acids is 1. The number of piperazine rings is 1. The zero-order valence-electron chi connectivity index (χ0n) is 12.5. The number of rotatable bonds is 3. The topological polar surface area (TPSA) is 62.5 Å². The zero-order chi connectivity index (χ0) is 15.7. The summed E-state index contributed by atoms with van der Waals surface area (Å²) in [5.74, 6) is 0.558. The lowest BCUT2D eigenvalue weighted by molar-refractivity contribution is -0.134. The van der Waals surface area contributed by atoms with Gasteiger partial charge in [-0.3, -0.25) is 9.69 Å². The number of carbonyl (C=O) groups is 1. The molecule has 1 aromatic heterocycles. The van der Waals surface area contributed by atoms with Gasteiger partial charge in [0.2, 0.25) is 17.6 Å². The van der Waals surface area contributed by atoms with Gasteiger partial charge in [0.25, 0.3) is 0 Å². The molecule has 1 aliphatic rings. The molecule has 0 bridgehead atoms. The molecule has 3 rings (SSSR count). The van der Waals surface area contributed by atoms with Crippen molar-refractivity contribution in [2.75, 3.05) is 26.7 Å². The summed E-state index contributed by atoms with van der Waals surface area (Å²) < 4.78 is 18.8. The number of aryl methyl sites for hydroxylation is 1. The van der Waals surface area contributed by atoms with E-state index in [1.54, 1.807) is 31.0 Å².